The molecule has 116 valence electrons. The van der Waals surface area contributed by atoms with Crippen molar-refractivity contribution in [3.8, 4) is 0 Å². The van der Waals surface area contributed by atoms with E-state index < -0.39 is 21.5 Å². The van der Waals surface area contributed by atoms with Crippen LogP contribution in [0.3, 0.4) is 0 Å². The standard InChI is InChI=1S/C17H19NO3S/c1-3-18(15-7-5-4-6-8-15)17(19)13-22(20,21)16-11-9-14(2)10-12-16/h4-12H,3,13H2,1-2H3. The summed E-state index contributed by atoms with van der Waals surface area (Å²) in [6.07, 6.45) is 0. The van der Waals surface area contributed by atoms with Crippen molar-refractivity contribution in [3.63, 3.8) is 0 Å². The van der Waals surface area contributed by atoms with Crippen molar-refractivity contribution in [2.75, 3.05) is 17.2 Å². The minimum Gasteiger partial charge on any atom is -0.312 e. The zero-order chi connectivity index (χ0) is 16.2. The van der Waals surface area contributed by atoms with Gasteiger partial charge in [-0.3, -0.25) is 4.79 Å². The molecule has 0 radical (unpaired) electrons. The smallest absolute Gasteiger partial charge is 0.242 e. The van der Waals surface area contributed by atoms with Crippen LogP contribution in [0.2, 0.25) is 0 Å². The van der Waals surface area contributed by atoms with Crippen molar-refractivity contribution >= 4 is 21.4 Å². The first-order chi connectivity index (χ1) is 10.4. The van der Waals surface area contributed by atoms with Crippen LogP contribution in [0, 0.1) is 6.92 Å². The Kier molecular flexibility index (Phi) is 4.98. The highest BCUT2D eigenvalue weighted by atomic mass is 32.2. The second kappa shape index (κ2) is 6.75. The van der Waals surface area contributed by atoms with Crippen LogP contribution < -0.4 is 4.90 Å². The van der Waals surface area contributed by atoms with E-state index in [4.69, 9.17) is 0 Å². The fourth-order valence-electron chi connectivity index (χ4n) is 2.18. The molecule has 0 N–H and O–H groups in total. The second-order valence-corrected chi connectivity index (χ2v) is 7.04. The molecule has 1 amide bonds. The number of carbonyl (C=O) groups excluding carboxylic acids is 1. The monoisotopic (exact) mass is 317 g/mol. The molecule has 0 spiro atoms. The molecule has 5 heteroatoms. The number of para-hydroxylation sites is 1. The number of carbonyl (C=O) groups is 1. The number of rotatable bonds is 5. The van der Waals surface area contributed by atoms with E-state index >= 15 is 0 Å². The average molecular weight is 317 g/mol. The molecule has 2 aromatic rings. The van der Waals surface area contributed by atoms with Gasteiger partial charge in [-0.05, 0) is 38.1 Å². The lowest BCUT2D eigenvalue weighted by molar-refractivity contribution is -0.116. The highest BCUT2D eigenvalue weighted by molar-refractivity contribution is 7.92. The average Bonchev–Trinajstić information content (AvgIpc) is 2.49. The number of sulfone groups is 1. The lowest BCUT2D eigenvalue weighted by Gasteiger charge is -2.21. The highest BCUT2D eigenvalue weighted by Gasteiger charge is 2.23. The lowest BCUT2D eigenvalue weighted by Crippen LogP contribution is -2.35. The molecule has 2 aromatic carbocycles. The normalized spacial score (nSPS) is 11.2. The van der Waals surface area contributed by atoms with Gasteiger partial charge in [0.25, 0.3) is 0 Å². The van der Waals surface area contributed by atoms with Crippen molar-refractivity contribution in [1.82, 2.24) is 0 Å². The van der Waals surface area contributed by atoms with Crippen molar-refractivity contribution in [2.45, 2.75) is 18.7 Å². The Labute approximate surface area is 131 Å². The number of amides is 1. The van der Waals surface area contributed by atoms with Gasteiger partial charge in [-0.25, -0.2) is 8.42 Å². The fourth-order valence-corrected chi connectivity index (χ4v) is 3.38. The molecule has 22 heavy (non-hydrogen) atoms. The van der Waals surface area contributed by atoms with Crippen LogP contribution in [0.5, 0.6) is 0 Å². The van der Waals surface area contributed by atoms with Crippen molar-refractivity contribution in [2.24, 2.45) is 0 Å². The van der Waals surface area contributed by atoms with Gasteiger partial charge in [-0.15, -0.1) is 0 Å². The molecule has 2 rings (SSSR count). The third kappa shape index (κ3) is 3.74. The summed E-state index contributed by atoms with van der Waals surface area (Å²) in [5, 5.41) is 0. The van der Waals surface area contributed by atoms with Gasteiger partial charge in [-0.1, -0.05) is 35.9 Å². The molecule has 0 aliphatic carbocycles. The third-order valence-electron chi connectivity index (χ3n) is 3.38. The van der Waals surface area contributed by atoms with E-state index in [0.717, 1.165) is 5.56 Å². The van der Waals surface area contributed by atoms with Gasteiger partial charge in [-0.2, -0.15) is 0 Å². The van der Waals surface area contributed by atoms with Gasteiger partial charge < -0.3 is 4.90 Å². The van der Waals surface area contributed by atoms with E-state index in [1.165, 1.54) is 17.0 Å². The zero-order valence-corrected chi connectivity index (χ0v) is 13.5. The number of aryl methyl sites for hydroxylation is 1. The first kappa shape index (κ1) is 16.2. The summed E-state index contributed by atoms with van der Waals surface area (Å²) in [4.78, 5) is 14.0. The zero-order valence-electron chi connectivity index (χ0n) is 12.7. The van der Waals surface area contributed by atoms with Crippen LogP contribution in [0.25, 0.3) is 0 Å². The van der Waals surface area contributed by atoms with Crippen LogP contribution in [0.4, 0.5) is 5.69 Å². The molecule has 0 unspecified atom stereocenters. The molecule has 0 aromatic heterocycles. The predicted octanol–water partition coefficient (Wildman–Crippen LogP) is 2.82. The molecular weight excluding hydrogens is 298 g/mol. The van der Waals surface area contributed by atoms with Crippen molar-refractivity contribution in [1.29, 1.82) is 0 Å². The molecule has 0 aliphatic heterocycles. The van der Waals surface area contributed by atoms with Gasteiger partial charge in [0.05, 0.1) is 4.90 Å². The molecule has 0 bridgehead atoms. The summed E-state index contributed by atoms with van der Waals surface area (Å²) in [6, 6.07) is 15.6. The van der Waals surface area contributed by atoms with Gasteiger partial charge in [0.2, 0.25) is 5.91 Å². The van der Waals surface area contributed by atoms with Crippen LogP contribution in [-0.4, -0.2) is 26.6 Å². The van der Waals surface area contributed by atoms with Crippen LogP contribution in [-0.2, 0) is 14.6 Å². The Hall–Kier alpha value is -2.14. The Balaban J connectivity index is 2.21. The SMILES string of the molecule is CCN(C(=O)CS(=O)(=O)c1ccc(C)cc1)c1ccccc1. The van der Waals surface area contributed by atoms with Gasteiger partial charge in [0.15, 0.2) is 9.84 Å². The Morgan fingerprint density at radius 1 is 1.00 bits per heavy atom. The molecule has 4 nitrogen and oxygen atoms in total. The highest BCUT2D eigenvalue weighted by Crippen LogP contribution is 2.17. The Morgan fingerprint density at radius 2 is 1.59 bits per heavy atom. The van der Waals surface area contributed by atoms with E-state index in [0.29, 0.717) is 12.2 Å². The van der Waals surface area contributed by atoms with Crippen LogP contribution in [0.1, 0.15) is 12.5 Å². The van der Waals surface area contributed by atoms with E-state index in [9.17, 15) is 13.2 Å². The minimum absolute atomic E-state index is 0.176. The maximum Gasteiger partial charge on any atom is 0.242 e. The van der Waals surface area contributed by atoms with Crippen LogP contribution >= 0.6 is 0 Å². The summed E-state index contributed by atoms with van der Waals surface area (Å²) in [6.45, 7) is 4.13. The molecular formula is C17H19NO3S. The number of hydrogen-bond donors (Lipinski definition) is 0. The fraction of sp³-hybridized carbons (Fsp3) is 0.235. The number of nitrogens with zero attached hydrogens (tertiary/aromatic N) is 1. The number of hydrogen-bond acceptors (Lipinski definition) is 3. The maximum absolute atomic E-state index is 12.4. The molecule has 0 atom stereocenters. The summed E-state index contributed by atoms with van der Waals surface area (Å²) < 4.78 is 24.7. The molecule has 0 saturated carbocycles. The van der Waals surface area contributed by atoms with Crippen molar-refractivity contribution < 1.29 is 13.2 Å². The van der Waals surface area contributed by atoms with Gasteiger partial charge in [0, 0.05) is 12.2 Å². The van der Waals surface area contributed by atoms with Crippen molar-refractivity contribution in [3.05, 3.63) is 60.2 Å². The predicted molar refractivity (Wildman–Crippen MR) is 87.7 cm³/mol. The topological polar surface area (TPSA) is 54.5 Å². The van der Waals surface area contributed by atoms with E-state index in [-0.39, 0.29) is 4.90 Å². The minimum atomic E-state index is -3.63. The van der Waals surface area contributed by atoms with E-state index in [1.54, 1.807) is 24.3 Å². The number of benzene rings is 2. The van der Waals surface area contributed by atoms with E-state index in [1.807, 2.05) is 32.0 Å². The summed E-state index contributed by atoms with van der Waals surface area (Å²) in [7, 11) is -3.63. The summed E-state index contributed by atoms with van der Waals surface area (Å²) in [5.41, 5.74) is 1.68. The summed E-state index contributed by atoms with van der Waals surface area (Å²) >= 11 is 0. The van der Waals surface area contributed by atoms with Gasteiger partial charge in [0.1, 0.15) is 5.75 Å². The largest absolute Gasteiger partial charge is 0.312 e. The first-order valence-electron chi connectivity index (χ1n) is 7.09. The molecule has 0 saturated heterocycles. The lowest BCUT2D eigenvalue weighted by atomic mass is 10.2. The Bertz CT molecular complexity index is 737. The number of anilines is 1. The first-order valence-corrected chi connectivity index (χ1v) is 8.74. The molecule has 0 heterocycles. The quantitative estimate of drug-likeness (QED) is 0.852. The van der Waals surface area contributed by atoms with E-state index in [2.05, 4.69) is 0 Å². The van der Waals surface area contributed by atoms with Gasteiger partial charge >= 0.3 is 0 Å². The molecule has 0 fully saturated rings. The second-order valence-electron chi connectivity index (χ2n) is 5.05. The van der Waals surface area contributed by atoms with Crippen LogP contribution in [0.15, 0.2) is 59.5 Å². The maximum atomic E-state index is 12.4. The summed E-state index contributed by atoms with van der Waals surface area (Å²) in [5.74, 6) is -0.951. The Morgan fingerprint density at radius 3 is 2.14 bits per heavy atom. The third-order valence-corrected chi connectivity index (χ3v) is 5.00. The molecule has 0 aliphatic rings.